The van der Waals surface area contributed by atoms with Crippen LogP contribution in [0.1, 0.15) is 50.5 Å². The second-order valence-electron chi connectivity index (χ2n) is 8.27. The molecule has 1 amide bonds. The highest BCUT2D eigenvalue weighted by atomic mass is 16.1. The van der Waals surface area contributed by atoms with Crippen molar-refractivity contribution in [3.63, 3.8) is 0 Å². The van der Waals surface area contributed by atoms with Crippen LogP contribution in [0, 0.1) is 5.92 Å². The lowest BCUT2D eigenvalue weighted by atomic mass is 9.88. The third kappa shape index (κ3) is 4.26. The fourth-order valence-electron chi connectivity index (χ4n) is 4.76. The van der Waals surface area contributed by atoms with E-state index in [1.54, 1.807) is 6.20 Å². The number of carbonyl (C=O) groups is 1. The average Bonchev–Trinajstić information content (AvgIpc) is 2.66. The maximum atomic E-state index is 12.6. The number of aromatic nitrogens is 1. The molecule has 3 heterocycles. The Labute approximate surface area is 157 Å². The van der Waals surface area contributed by atoms with E-state index < -0.39 is 0 Å². The zero-order chi connectivity index (χ0) is 17.8. The van der Waals surface area contributed by atoms with E-state index in [-0.39, 0.29) is 11.8 Å². The van der Waals surface area contributed by atoms with Crippen LogP contribution in [0.3, 0.4) is 0 Å². The van der Waals surface area contributed by atoms with Crippen molar-refractivity contribution < 1.29 is 4.79 Å². The Hall–Kier alpha value is -1.46. The van der Waals surface area contributed by atoms with E-state index in [9.17, 15) is 4.79 Å². The van der Waals surface area contributed by atoms with Crippen molar-refractivity contribution in [3.05, 3.63) is 30.1 Å². The van der Waals surface area contributed by atoms with Gasteiger partial charge in [0.25, 0.3) is 0 Å². The molecule has 0 spiro atoms. The summed E-state index contributed by atoms with van der Waals surface area (Å²) in [5, 5.41) is 3.12. The topological polar surface area (TPSA) is 48.5 Å². The summed E-state index contributed by atoms with van der Waals surface area (Å²) in [5.41, 5.74) is 1.07. The Balaban J connectivity index is 1.24. The van der Waals surface area contributed by atoms with Gasteiger partial charge in [0, 0.05) is 37.6 Å². The highest BCUT2D eigenvalue weighted by molar-refractivity contribution is 5.78. The maximum Gasteiger partial charge on any atom is 0.224 e. The van der Waals surface area contributed by atoms with Crippen molar-refractivity contribution in [2.75, 3.05) is 26.2 Å². The van der Waals surface area contributed by atoms with Crippen LogP contribution >= 0.6 is 0 Å². The number of hydrogen-bond donors (Lipinski definition) is 1. The lowest BCUT2D eigenvalue weighted by Crippen LogP contribution is -2.53. The maximum absolute atomic E-state index is 12.6. The van der Waals surface area contributed by atoms with Gasteiger partial charge in [0.2, 0.25) is 5.91 Å². The molecule has 3 aliphatic rings. The predicted octanol–water partition coefficient (Wildman–Crippen LogP) is 2.43. The summed E-state index contributed by atoms with van der Waals surface area (Å²) in [7, 11) is 0. The van der Waals surface area contributed by atoms with Gasteiger partial charge in [-0.05, 0) is 69.8 Å². The molecule has 1 aliphatic carbocycles. The molecule has 3 fully saturated rings. The van der Waals surface area contributed by atoms with Gasteiger partial charge in [-0.25, -0.2) is 0 Å². The number of carbonyl (C=O) groups excluding carboxylic acids is 1. The van der Waals surface area contributed by atoms with Gasteiger partial charge >= 0.3 is 0 Å². The summed E-state index contributed by atoms with van der Waals surface area (Å²) < 4.78 is 0. The lowest BCUT2D eigenvalue weighted by Gasteiger charge is -2.45. The second kappa shape index (κ2) is 8.49. The molecule has 1 atom stereocenters. The molecule has 1 aromatic rings. The normalized spacial score (nSPS) is 26.4. The minimum atomic E-state index is 0.144. The van der Waals surface area contributed by atoms with Crippen LogP contribution in [-0.2, 0) is 11.3 Å². The molecule has 1 unspecified atom stereocenters. The number of nitrogens with one attached hydrogen (secondary N) is 1. The molecule has 0 aromatic carbocycles. The first-order valence-electron chi connectivity index (χ1n) is 10.4. The minimum absolute atomic E-state index is 0.144. The molecule has 4 rings (SSSR count). The van der Waals surface area contributed by atoms with Crippen LogP contribution < -0.4 is 5.32 Å². The summed E-state index contributed by atoms with van der Waals surface area (Å²) in [4.78, 5) is 22.1. The third-order valence-electron chi connectivity index (χ3n) is 6.62. The molecule has 0 bridgehead atoms. The predicted molar refractivity (Wildman–Crippen MR) is 103 cm³/mol. The van der Waals surface area contributed by atoms with Crippen molar-refractivity contribution in [1.82, 2.24) is 20.1 Å². The van der Waals surface area contributed by atoms with Crippen molar-refractivity contribution in [2.24, 2.45) is 5.92 Å². The zero-order valence-corrected chi connectivity index (χ0v) is 15.8. The number of likely N-dealkylation sites (tertiary alicyclic amines) is 2. The molecular formula is C21H32N4O. The lowest BCUT2D eigenvalue weighted by molar-refractivity contribution is -0.127. The van der Waals surface area contributed by atoms with Crippen molar-refractivity contribution in [2.45, 2.75) is 63.6 Å². The highest BCUT2D eigenvalue weighted by Gasteiger charge is 2.34. The van der Waals surface area contributed by atoms with Crippen LogP contribution in [-0.4, -0.2) is 59.0 Å². The second-order valence-corrected chi connectivity index (χ2v) is 8.27. The molecule has 2 saturated heterocycles. The molecule has 1 N–H and O–H groups in total. The first-order chi connectivity index (χ1) is 12.8. The number of rotatable bonds is 5. The Morgan fingerprint density at radius 2 is 1.85 bits per heavy atom. The minimum Gasteiger partial charge on any atom is -0.352 e. The van der Waals surface area contributed by atoms with Crippen LogP contribution in [0.15, 0.2) is 24.5 Å². The molecule has 1 saturated carbocycles. The van der Waals surface area contributed by atoms with Crippen LogP contribution in [0.25, 0.3) is 0 Å². The van der Waals surface area contributed by atoms with E-state index >= 15 is 0 Å². The van der Waals surface area contributed by atoms with Gasteiger partial charge in [0.1, 0.15) is 0 Å². The standard InChI is InChI=1S/C21H32N4O/c26-21(23-15-17-4-2-10-22-14-17)18-5-3-11-25(16-18)20-8-12-24(13-9-20)19-6-1-7-19/h2,4,10,14,18-20H,1,3,5-9,11-13,15-16H2,(H,23,26). The number of piperidine rings is 2. The van der Waals surface area contributed by atoms with Gasteiger partial charge in [-0.2, -0.15) is 0 Å². The van der Waals surface area contributed by atoms with Crippen LogP contribution in [0.2, 0.25) is 0 Å². The third-order valence-corrected chi connectivity index (χ3v) is 6.62. The van der Waals surface area contributed by atoms with Gasteiger partial charge in [-0.1, -0.05) is 12.5 Å². The summed E-state index contributed by atoms with van der Waals surface area (Å²) in [6.45, 7) is 5.20. The molecular weight excluding hydrogens is 324 g/mol. The van der Waals surface area contributed by atoms with Crippen molar-refractivity contribution in [1.29, 1.82) is 0 Å². The van der Waals surface area contributed by atoms with Crippen molar-refractivity contribution >= 4 is 5.91 Å². The van der Waals surface area contributed by atoms with E-state index in [1.807, 2.05) is 18.3 Å². The number of amides is 1. The van der Waals surface area contributed by atoms with Gasteiger partial charge < -0.3 is 10.2 Å². The molecule has 2 aliphatic heterocycles. The first-order valence-corrected chi connectivity index (χ1v) is 10.4. The molecule has 5 nitrogen and oxygen atoms in total. The molecule has 26 heavy (non-hydrogen) atoms. The molecule has 5 heteroatoms. The van der Waals surface area contributed by atoms with E-state index in [0.717, 1.165) is 31.0 Å². The Morgan fingerprint density at radius 3 is 2.54 bits per heavy atom. The highest BCUT2D eigenvalue weighted by Crippen LogP contribution is 2.30. The summed E-state index contributed by atoms with van der Waals surface area (Å²) in [6, 6.07) is 5.49. The van der Waals surface area contributed by atoms with Crippen LogP contribution in [0.4, 0.5) is 0 Å². The van der Waals surface area contributed by atoms with Gasteiger partial charge in [-0.15, -0.1) is 0 Å². The van der Waals surface area contributed by atoms with E-state index in [1.165, 1.54) is 51.7 Å². The average molecular weight is 357 g/mol. The fraction of sp³-hybridized carbons (Fsp3) is 0.714. The summed E-state index contributed by atoms with van der Waals surface area (Å²) in [5.74, 6) is 0.357. The molecule has 0 radical (unpaired) electrons. The van der Waals surface area contributed by atoms with Gasteiger partial charge in [-0.3, -0.25) is 14.7 Å². The summed E-state index contributed by atoms with van der Waals surface area (Å²) >= 11 is 0. The Bertz CT molecular complexity index is 581. The smallest absolute Gasteiger partial charge is 0.224 e. The number of nitrogens with zero attached hydrogens (tertiary/aromatic N) is 3. The SMILES string of the molecule is O=C(NCc1cccnc1)C1CCCN(C2CCN(C3CCC3)CC2)C1. The number of pyridine rings is 1. The first kappa shape index (κ1) is 17.9. The fourth-order valence-corrected chi connectivity index (χ4v) is 4.76. The quantitative estimate of drug-likeness (QED) is 0.880. The van der Waals surface area contributed by atoms with E-state index in [0.29, 0.717) is 12.6 Å². The summed E-state index contributed by atoms with van der Waals surface area (Å²) in [6.07, 6.45) is 12.6. The van der Waals surface area contributed by atoms with Gasteiger partial charge in [0.15, 0.2) is 0 Å². The van der Waals surface area contributed by atoms with Crippen LogP contribution in [0.5, 0.6) is 0 Å². The zero-order valence-electron chi connectivity index (χ0n) is 15.8. The van der Waals surface area contributed by atoms with Gasteiger partial charge in [0.05, 0.1) is 5.92 Å². The number of hydrogen-bond acceptors (Lipinski definition) is 4. The van der Waals surface area contributed by atoms with E-state index in [4.69, 9.17) is 0 Å². The molecule has 142 valence electrons. The van der Waals surface area contributed by atoms with Crippen molar-refractivity contribution in [3.8, 4) is 0 Å². The Kier molecular flexibility index (Phi) is 5.85. The largest absolute Gasteiger partial charge is 0.352 e. The van der Waals surface area contributed by atoms with E-state index in [2.05, 4.69) is 20.1 Å². The molecule has 1 aromatic heterocycles. The Morgan fingerprint density at radius 1 is 1.04 bits per heavy atom. The monoisotopic (exact) mass is 356 g/mol.